The van der Waals surface area contributed by atoms with Crippen molar-refractivity contribution in [1.29, 1.82) is 0 Å². The van der Waals surface area contributed by atoms with Gasteiger partial charge in [-0.2, -0.15) is 0 Å². The Labute approximate surface area is 222 Å². The molecule has 10 nitrogen and oxygen atoms in total. The van der Waals surface area contributed by atoms with Crippen molar-refractivity contribution in [3.05, 3.63) is 47.5 Å². The number of halogens is 1. The normalized spacial score (nSPS) is 14.6. The topological polar surface area (TPSA) is 137 Å². The molecule has 2 heterocycles. The molecule has 1 atom stereocenters. The molecule has 38 heavy (non-hydrogen) atoms. The number of carbonyl (C=O) groups excluding carboxylic acids is 3. The molecule has 0 aliphatic carbocycles. The molecule has 0 radical (unpaired) electrons. The Morgan fingerprint density at radius 1 is 1.21 bits per heavy atom. The Bertz CT molecular complexity index is 1090. The minimum atomic E-state index is -1.11. The summed E-state index contributed by atoms with van der Waals surface area (Å²) in [6, 6.07) is 2.84. The standard InChI is InChI=1S/C27H36FN5O5/c1-3-18-16-30-27(31-17-18)33-12-10-19(11-13-33)5-4-14-38-20-6-7-21(22(28)15-20)25(35)32-23(26(36)37-2)8-9-24(29)34/h6-7,15-17,19,23H,3-5,8-14H2,1-2H3,(H2,29,34)(H,32,35)/t23-/m0/s1. The number of anilines is 1. The summed E-state index contributed by atoms with van der Waals surface area (Å²) in [7, 11) is 1.16. The van der Waals surface area contributed by atoms with Crippen molar-refractivity contribution in [2.45, 2.75) is 57.9 Å². The van der Waals surface area contributed by atoms with Crippen LogP contribution in [0.15, 0.2) is 30.6 Å². The number of methoxy groups -OCH3 is 1. The van der Waals surface area contributed by atoms with Gasteiger partial charge in [-0.1, -0.05) is 6.92 Å². The van der Waals surface area contributed by atoms with Crippen molar-refractivity contribution in [3.63, 3.8) is 0 Å². The van der Waals surface area contributed by atoms with Crippen molar-refractivity contribution < 1.29 is 28.2 Å². The monoisotopic (exact) mass is 529 g/mol. The molecular formula is C27H36FN5O5. The van der Waals surface area contributed by atoms with Crippen LogP contribution in [0.25, 0.3) is 0 Å². The summed E-state index contributed by atoms with van der Waals surface area (Å²) in [6.07, 6.45) is 8.48. The number of aromatic nitrogens is 2. The molecule has 1 aliphatic rings. The van der Waals surface area contributed by atoms with Crippen LogP contribution < -0.4 is 20.7 Å². The molecule has 1 aromatic heterocycles. The smallest absolute Gasteiger partial charge is 0.328 e. The number of amides is 2. The third-order valence-corrected chi connectivity index (χ3v) is 6.68. The van der Waals surface area contributed by atoms with E-state index >= 15 is 0 Å². The van der Waals surface area contributed by atoms with Gasteiger partial charge in [0.2, 0.25) is 11.9 Å². The zero-order valence-electron chi connectivity index (χ0n) is 22.0. The zero-order valence-corrected chi connectivity index (χ0v) is 22.0. The highest BCUT2D eigenvalue weighted by Gasteiger charge is 2.24. The van der Waals surface area contributed by atoms with Gasteiger partial charge in [-0.05, 0) is 62.1 Å². The lowest BCUT2D eigenvalue weighted by Gasteiger charge is -2.32. The Balaban J connectivity index is 1.41. The number of rotatable bonds is 13. The Hall–Kier alpha value is -3.76. The maximum absolute atomic E-state index is 14.6. The summed E-state index contributed by atoms with van der Waals surface area (Å²) in [5.41, 5.74) is 5.99. The maximum Gasteiger partial charge on any atom is 0.328 e. The summed E-state index contributed by atoms with van der Waals surface area (Å²) in [5.74, 6) is -1.26. The first-order valence-corrected chi connectivity index (χ1v) is 13.0. The van der Waals surface area contributed by atoms with Crippen LogP contribution in [-0.2, 0) is 20.7 Å². The molecular weight excluding hydrogens is 493 g/mol. The Kier molecular flexibility index (Phi) is 10.8. The summed E-state index contributed by atoms with van der Waals surface area (Å²) in [5, 5.41) is 2.39. The molecule has 0 bridgehead atoms. The molecule has 2 amide bonds. The molecule has 206 valence electrons. The number of nitrogens with zero attached hydrogens (tertiary/aromatic N) is 3. The quantitative estimate of drug-likeness (QED) is 0.299. The van der Waals surface area contributed by atoms with Gasteiger partial charge in [0, 0.05) is 38.0 Å². The zero-order chi connectivity index (χ0) is 27.5. The van der Waals surface area contributed by atoms with Crippen LogP contribution in [0, 0.1) is 11.7 Å². The van der Waals surface area contributed by atoms with Crippen molar-refractivity contribution >= 4 is 23.7 Å². The molecule has 1 aromatic carbocycles. The van der Waals surface area contributed by atoms with E-state index in [9.17, 15) is 18.8 Å². The van der Waals surface area contributed by atoms with E-state index in [0.717, 1.165) is 69.9 Å². The SMILES string of the molecule is CCc1cnc(N2CCC(CCCOc3ccc(C(=O)N[C@@H](CCC(N)=O)C(=O)OC)c(F)c3)CC2)nc1. The number of piperidine rings is 1. The molecule has 3 rings (SSSR count). The molecule has 1 saturated heterocycles. The number of nitrogens with one attached hydrogen (secondary N) is 1. The van der Waals surface area contributed by atoms with Gasteiger partial charge in [-0.3, -0.25) is 9.59 Å². The summed E-state index contributed by atoms with van der Waals surface area (Å²) >= 11 is 0. The molecule has 0 saturated carbocycles. The number of hydrogen-bond acceptors (Lipinski definition) is 8. The fraction of sp³-hybridized carbons (Fsp3) is 0.519. The van der Waals surface area contributed by atoms with Crippen LogP contribution in [-0.4, -0.2) is 60.6 Å². The maximum atomic E-state index is 14.6. The molecule has 1 aliphatic heterocycles. The van der Waals surface area contributed by atoms with E-state index in [1.807, 2.05) is 12.4 Å². The van der Waals surface area contributed by atoms with Gasteiger partial charge >= 0.3 is 5.97 Å². The Morgan fingerprint density at radius 3 is 2.53 bits per heavy atom. The van der Waals surface area contributed by atoms with Crippen molar-refractivity contribution in [1.82, 2.24) is 15.3 Å². The van der Waals surface area contributed by atoms with E-state index < -0.39 is 29.6 Å². The molecule has 3 N–H and O–H groups in total. The van der Waals surface area contributed by atoms with Crippen LogP contribution in [0.2, 0.25) is 0 Å². The van der Waals surface area contributed by atoms with Gasteiger partial charge in [0.05, 0.1) is 19.3 Å². The third-order valence-electron chi connectivity index (χ3n) is 6.68. The van der Waals surface area contributed by atoms with Gasteiger partial charge in [0.25, 0.3) is 5.91 Å². The summed E-state index contributed by atoms with van der Waals surface area (Å²) in [6.45, 7) is 4.36. The number of aryl methyl sites for hydroxylation is 1. The first-order chi connectivity index (χ1) is 18.3. The van der Waals surface area contributed by atoms with Crippen LogP contribution >= 0.6 is 0 Å². The van der Waals surface area contributed by atoms with E-state index in [1.54, 1.807) is 0 Å². The molecule has 11 heteroatoms. The van der Waals surface area contributed by atoms with E-state index in [-0.39, 0.29) is 18.4 Å². The van der Waals surface area contributed by atoms with Crippen LogP contribution in [0.4, 0.5) is 10.3 Å². The number of carbonyl (C=O) groups is 3. The van der Waals surface area contributed by atoms with Gasteiger partial charge in [-0.15, -0.1) is 0 Å². The van der Waals surface area contributed by atoms with Gasteiger partial charge < -0.3 is 25.4 Å². The lowest BCUT2D eigenvalue weighted by Crippen LogP contribution is -2.42. The highest BCUT2D eigenvalue weighted by atomic mass is 19.1. The van der Waals surface area contributed by atoms with Crippen LogP contribution in [0.1, 0.15) is 61.4 Å². The molecule has 0 unspecified atom stereocenters. The number of nitrogens with two attached hydrogens (primary N) is 1. The van der Waals surface area contributed by atoms with E-state index in [4.69, 9.17) is 10.5 Å². The number of primary amides is 1. The van der Waals surface area contributed by atoms with Gasteiger partial charge in [0.1, 0.15) is 17.6 Å². The number of esters is 1. The fourth-order valence-corrected chi connectivity index (χ4v) is 4.36. The first-order valence-electron chi connectivity index (χ1n) is 13.0. The van der Waals surface area contributed by atoms with Crippen molar-refractivity contribution in [2.24, 2.45) is 11.7 Å². The Morgan fingerprint density at radius 2 is 1.92 bits per heavy atom. The second kappa shape index (κ2) is 14.3. The van der Waals surface area contributed by atoms with Crippen LogP contribution in [0.3, 0.4) is 0 Å². The van der Waals surface area contributed by atoms with E-state index in [0.29, 0.717) is 18.3 Å². The minimum absolute atomic E-state index is 0.0462. The summed E-state index contributed by atoms with van der Waals surface area (Å²) < 4.78 is 25.0. The lowest BCUT2D eigenvalue weighted by molar-refractivity contribution is -0.143. The average Bonchev–Trinajstić information content (AvgIpc) is 2.93. The van der Waals surface area contributed by atoms with E-state index in [2.05, 4.69) is 31.8 Å². The minimum Gasteiger partial charge on any atom is -0.493 e. The average molecular weight is 530 g/mol. The predicted octanol–water partition coefficient (Wildman–Crippen LogP) is 2.79. The lowest BCUT2D eigenvalue weighted by atomic mass is 9.92. The molecule has 0 spiro atoms. The number of benzene rings is 1. The van der Waals surface area contributed by atoms with Crippen molar-refractivity contribution in [3.8, 4) is 5.75 Å². The number of ether oxygens (including phenoxy) is 2. The second-order valence-electron chi connectivity index (χ2n) is 9.36. The van der Waals surface area contributed by atoms with Gasteiger partial charge in [0.15, 0.2) is 0 Å². The second-order valence-corrected chi connectivity index (χ2v) is 9.36. The molecule has 1 fully saturated rings. The highest BCUT2D eigenvalue weighted by Crippen LogP contribution is 2.25. The predicted molar refractivity (Wildman–Crippen MR) is 139 cm³/mol. The molecule has 2 aromatic rings. The highest BCUT2D eigenvalue weighted by molar-refractivity contribution is 5.97. The number of hydrogen-bond donors (Lipinski definition) is 2. The third kappa shape index (κ3) is 8.39. The van der Waals surface area contributed by atoms with Crippen LogP contribution in [0.5, 0.6) is 5.75 Å². The summed E-state index contributed by atoms with van der Waals surface area (Å²) in [4.78, 5) is 46.6. The van der Waals surface area contributed by atoms with Crippen molar-refractivity contribution in [2.75, 3.05) is 31.7 Å². The van der Waals surface area contributed by atoms with E-state index in [1.165, 1.54) is 12.1 Å². The fourth-order valence-electron chi connectivity index (χ4n) is 4.36. The largest absolute Gasteiger partial charge is 0.493 e. The first kappa shape index (κ1) is 28.8. The van der Waals surface area contributed by atoms with Gasteiger partial charge in [-0.25, -0.2) is 19.2 Å².